The van der Waals surface area contributed by atoms with Crippen molar-refractivity contribution in [3.63, 3.8) is 0 Å². The van der Waals surface area contributed by atoms with Crippen LogP contribution in [-0.2, 0) is 6.54 Å². The predicted molar refractivity (Wildman–Crippen MR) is 90.0 cm³/mol. The van der Waals surface area contributed by atoms with Crippen LogP contribution in [0.15, 0.2) is 60.8 Å². The van der Waals surface area contributed by atoms with Gasteiger partial charge in [0.05, 0.1) is 12.7 Å². The van der Waals surface area contributed by atoms with Gasteiger partial charge in [-0.05, 0) is 36.8 Å². The summed E-state index contributed by atoms with van der Waals surface area (Å²) in [5.74, 6) is -0.360. The summed E-state index contributed by atoms with van der Waals surface area (Å²) in [6.45, 7) is 2.05. The Kier molecular flexibility index (Phi) is 4.47. The molecule has 0 aliphatic carbocycles. The number of benzene rings is 2. The van der Waals surface area contributed by atoms with Gasteiger partial charge >= 0.3 is 0 Å². The molecule has 0 atom stereocenters. The molecule has 6 heteroatoms. The molecule has 0 bridgehead atoms. The van der Waals surface area contributed by atoms with Gasteiger partial charge in [0.25, 0.3) is 5.91 Å². The molecule has 0 aliphatic heterocycles. The highest BCUT2D eigenvalue weighted by molar-refractivity contribution is 6.03. The first-order chi connectivity index (χ1) is 11.6. The van der Waals surface area contributed by atoms with Crippen molar-refractivity contribution in [3.8, 4) is 0 Å². The van der Waals surface area contributed by atoms with E-state index >= 15 is 0 Å². The lowest BCUT2D eigenvalue weighted by Gasteiger charge is -2.03. The second-order valence-electron chi connectivity index (χ2n) is 5.37. The van der Waals surface area contributed by atoms with Crippen molar-refractivity contribution >= 4 is 17.4 Å². The van der Waals surface area contributed by atoms with Crippen LogP contribution in [0.25, 0.3) is 0 Å². The van der Waals surface area contributed by atoms with Crippen molar-refractivity contribution in [2.45, 2.75) is 13.5 Å². The first-order valence-electron chi connectivity index (χ1n) is 7.48. The van der Waals surface area contributed by atoms with E-state index in [9.17, 15) is 9.59 Å². The zero-order valence-electron chi connectivity index (χ0n) is 13.1. The van der Waals surface area contributed by atoms with Crippen molar-refractivity contribution in [2.24, 2.45) is 0 Å². The average molecular weight is 320 g/mol. The third-order valence-electron chi connectivity index (χ3n) is 3.51. The first kappa shape index (κ1) is 15.6. The van der Waals surface area contributed by atoms with Crippen LogP contribution >= 0.6 is 0 Å². The number of amides is 1. The summed E-state index contributed by atoms with van der Waals surface area (Å²) < 4.78 is 1.61. The molecule has 0 saturated heterocycles. The van der Waals surface area contributed by atoms with Crippen molar-refractivity contribution in [2.75, 3.05) is 5.32 Å². The van der Waals surface area contributed by atoms with Gasteiger partial charge < -0.3 is 5.32 Å². The SMILES string of the molecule is CC(=O)c1ccc(NC(=O)c2cn(Cc3ccccc3)nn2)cc1. The molecule has 0 fully saturated rings. The van der Waals surface area contributed by atoms with Gasteiger partial charge in [0.1, 0.15) is 0 Å². The number of anilines is 1. The van der Waals surface area contributed by atoms with Crippen molar-refractivity contribution < 1.29 is 9.59 Å². The lowest BCUT2D eigenvalue weighted by Crippen LogP contribution is -2.12. The fourth-order valence-corrected chi connectivity index (χ4v) is 2.23. The molecule has 0 radical (unpaired) electrons. The molecule has 6 nitrogen and oxygen atoms in total. The zero-order chi connectivity index (χ0) is 16.9. The van der Waals surface area contributed by atoms with E-state index in [0.29, 0.717) is 17.8 Å². The number of hydrogen-bond donors (Lipinski definition) is 1. The van der Waals surface area contributed by atoms with Gasteiger partial charge in [0.2, 0.25) is 0 Å². The molecule has 3 rings (SSSR count). The summed E-state index contributed by atoms with van der Waals surface area (Å²) in [5.41, 5.74) is 2.51. The smallest absolute Gasteiger partial charge is 0.277 e. The summed E-state index contributed by atoms with van der Waals surface area (Å²) in [6, 6.07) is 16.5. The number of hydrogen-bond acceptors (Lipinski definition) is 4. The molecule has 0 unspecified atom stereocenters. The summed E-state index contributed by atoms with van der Waals surface area (Å²) in [6.07, 6.45) is 1.60. The number of ketones is 1. The van der Waals surface area contributed by atoms with E-state index in [1.165, 1.54) is 6.92 Å². The maximum atomic E-state index is 12.2. The minimum absolute atomic E-state index is 0.0169. The normalized spacial score (nSPS) is 10.4. The van der Waals surface area contributed by atoms with Crippen LogP contribution in [-0.4, -0.2) is 26.7 Å². The minimum Gasteiger partial charge on any atom is -0.321 e. The number of aromatic nitrogens is 3. The van der Waals surface area contributed by atoms with Gasteiger partial charge in [-0.15, -0.1) is 5.10 Å². The molecule has 2 aromatic carbocycles. The third kappa shape index (κ3) is 3.73. The number of nitrogens with one attached hydrogen (secondary N) is 1. The van der Waals surface area contributed by atoms with Gasteiger partial charge in [-0.25, -0.2) is 4.68 Å². The standard InChI is InChI=1S/C18H16N4O2/c1-13(23)15-7-9-16(10-8-15)19-18(24)17-12-22(21-20-17)11-14-5-3-2-4-6-14/h2-10,12H,11H2,1H3,(H,19,24). The highest BCUT2D eigenvalue weighted by atomic mass is 16.2. The van der Waals surface area contributed by atoms with Crippen molar-refractivity contribution in [3.05, 3.63) is 77.6 Å². The predicted octanol–water partition coefficient (Wildman–Crippen LogP) is 2.78. The Bertz CT molecular complexity index is 854. The Morgan fingerprint density at radius 2 is 1.75 bits per heavy atom. The zero-order valence-corrected chi connectivity index (χ0v) is 13.1. The number of carbonyl (C=O) groups excluding carboxylic acids is 2. The summed E-state index contributed by atoms with van der Waals surface area (Å²) in [7, 11) is 0. The van der Waals surface area contributed by atoms with E-state index in [1.807, 2.05) is 30.3 Å². The molecule has 1 amide bonds. The van der Waals surface area contributed by atoms with E-state index in [1.54, 1.807) is 35.1 Å². The molecule has 120 valence electrons. The number of Topliss-reactive ketones (excluding diaryl/α,β-unsaturated/α-hetero) is 1. The monoisotopic (exact) mass is 320 g/mol. The molecule has 1 heterocycles. The largest absolute Gasteiger partial charge is 0.321 e. The topological polar surface area (TPSA) is 76.9 Å². The Balaban J connectivity index is 1.66. The summed E-state index contributed by atoms with van der Waals surface area (Å²) in [4.78, 5) is 23.4. The Hall–Kier alpha value is -3.28. The Labute approximate surface area is 139 Å². The molecule has 1 aromatic heterocycles. The molecule has 0 aliphatic rings. The van der Waals surface area contributed by atoms with E-state index in [4.69, 9.17) is 0 Å². The fraction of sp³-hybridized carbons (Fsp3) is 0.111. The van der Waals surface area contributed by atoms with Gasteiger partial charge in [-0.3, -0.25) is 9.59 Å². The van der Waals surface area contributed by atoms with Gasteiger partial charge in [0, 0.05) is 11.3 Å². The minimum atomic E-state index is -0.343. The van der Waals surface area contributed by atoms with Crippen LogP contribution < -0.4 is 5.32 Å². The molecule has 0 saturated carbocycles. The van der Waals surface area contributed by atoms with Crippen molar-refractivity contribution in [1.29, 1.82) is 0 Å². The van der Waals surface area contributed by atoms with E-state index < -0.39 is 0 Å². The summed E-state index contributed by atoms with van der Waals surface area (Å²) in [5, 5.41) is 10.6. The fourth-order valence-electron chi connectivity index (χ4n) is 2.23. The number of carbonyl (C=O) groups is 2. The van der Waals surface area contributed by atoms with Gasteiger partial charge in [-0.1, -0.05) is 35.5 Å². The third-order valence-corrected chi connectivity index (χ3v) is 3.51. The maximum absolute atomic E-state index is 12.2. The van der Waals surface area contributed by atoms with Crippen LogP contribution in [0, 0.1) is 0 Å². The highest BCUT2D eigenvalue weighted by Crippen LogP contribution is 2.11. The molecular formula is C18H16N4O2. The highest BCUT2D eigenvalue weighted by Gasteiger charge is 2.11. The van der Waals surface area contributed by atoms with E-state index in [0.717, 1.165) is 5.56 Å². The molecule has 3 aromatic rings. The quantitative estimate of drug-likeness (QED) is 0.733. The van der Waals surface area contributed by atoms with E-state index in [-0.39, 0.29) is 17.4 Å². The lowest BCUT2D eigenvalue weighted by molar-refractivity contribution is 0.101. The second kappa shape index (κ2) is 6.87. The molecule has 0 spiro atoms. The van der Waals surface area contributed by atoms with Crippen LogP contribution in [0.1, 0.15) is 33.3 Å². The number of rotatable bonds is 5. The van der Waals surface area contributed by atoms with Crippen LogP contribution in [0.3, 0.4) is 0 Å². The van der Waals surface area contributed by atoms with Crippen molar-refractivity contribution in [1.82, 2.24) is 15.0 Å². The maximum Gasteiger partial charge on any atom is 0.277 e. The molecular weight excluding hydrogens is 304 g/mol. The van der Waals surface area contributed by atoms with Crippen LogP contribution in [0.2, 0.25) is 0 Å². The molecule has 1 N–H and O–H groups in total. The van der Waals surface area contributed by atoms with E-state index in [2.05, 4.69) is 15.6 Å². The van der Waals surface area contributed by atoms with Gasteiger partial charge in [0.15, 0.2) is 11.5 Å². The Morgan fingerprint density at radius 1 is 1.04 bits per heavy atom. The second-order valence-corrected chi connectivity index (χ2v) is 5.37. The van der Waals surface area contributed by atoms with Gasteiger partial charge in [-0.2, -0.15) is 0 Å². The van der Waals surface area contributed by atoms with Crippen LogP contribution in [0.5, 0.6) is 0 Å². The lowest BCUT2D eigenvalue weighted by atomic mass is 10.1. The number of nitrogens with zero attached hydrogens (tertiary/aromatic N) is 3. The average Bonchev–Trinajstić information content (AvgIpc) is 3.05. The first-order valence-corrected chi connectivity index (χ1v) is 7.48. The summed E-state index contributed by atoms with van der Waals surface area (Å²) >= 11 is 0. The Morgan fingerprint density at radius 3 is 2.42 bits per heavy atom. The van der Waals surface area contributed by atoms with Crippen LogP contribution in [0.4, 0.5) is 5.69 Å². The molecule has 24 heavy (non-hydrogen) atoms.